The van der Waals surface area contributed by atoms with E-state index in [-0.39, 0.29) is 11.0 Å². The summed E-state index contributed by atoms with van der Waals surface area (Å²) in [6.45, 7) is 3.61. The van der Waals surface area contributed by atoms with Gasteiger partial charge in [0.1, 0.15) is 6.33 Å². The fourth-order valence-electron chi connectivity index (χ4n) is 1.26. The van der Waals surface area contributed by atoms with Gasteiger partial charge in [0.15, 0.2) is 11.0 Å². The van der Waals surface area contributed by atoms with E-state index in [1.54, 1.807) is 13.8 Å². The topological polar surface area (TPSA) is 82.8 Å². The van der Waals surface area contributed by atoms with Crippen LogP contribution in [0.4, 0.5) is 0 Å². The molecule has 2 rings (SSSR count). The molecule has 18 heavy (non-hydrogen) atoms. The van der Waals surface area contributed by atoms with Crippen LogP contribution in [-0.2, 0) is 4.74 Å². The first-order valence-electron chi connectivity index (χ1n) is 5.04. The molecule has 2 aromatic rings. The zero-order valence-electron chi connectivity index (χ0n) is 10.0. The van der Waals surface area contributed by atoms with Gasteiger partial charge in [0.2, 0.25) is 0 Å². The highest BCUT2D eigenvalue weighted by Crippen LogP contribution is 2.16. The molecule has 0 radical (unpaired) electrons. The Morgan fingerprint density at radius 3 is 2.67 bits per heavy atom. The number of esters is 1. The zero-order valence-corrected chi connectivity index (χ0v) is 10.8. The molecule has 0 aliphatic heterocycles. The van der Waals surface area contributed by atoms with Crippen LogP contribution in [0.5, 0.6) is 0 Å². The van der Waals surface area contributed by atoms with Crippen molar-refractivity contribution in [1.29, 1.82) is 0 Å². The number of aryl methyl sites for hydroxylation is 2. The van der Waals surface area contributed by atoms with Crippen molar-refractivity contribution < 1.29 is 9.53 Å². The van der Waals surface area contributed by atoms with Crippen LogP contribution in [0, 0.1) is 13.8 Å². The number of rotatable bonds is 2. The van der Waals surface area contributed by atoms with Gasteiger partial charge in [-0.1, -0.05) is 11.6 Å². The SMILES string of the molecule is COC(=O)c1ncn(-c2nc(C)c(C)nc2Cl)n1. The van der Waals surface area contributed by atoms with Gasteiger partial charge in [-0.05, 0) is 13.8 Å². The third kappa shape index (κ3) is 2.17. The van der Waals surface area contributed by atoms with Crippen LogP contribution in [0.2, 0.25) is 5.15 Å². The van der Waals surface area contributed by atoms with Crippen molar-refractivity contribution in [3.63, 3.8) is 0 Å². The standard InChI is InChI=1S/C10H10ClN5O2/c1-5-6(2)14-9(7(11)13-5)16-4-12-8(15-16)10(17)18-3/h4H,1-3H3. The Labute approximate surface area is 108 Å². The van der Waals surface area contributed by atoms with Crippen molar-refractivity contribution in [3.05, 3.63) is 28.7 Å². The normalized spacial score (nSPS) is 10.4. The molecule has 0 N–H and O–H groups in total. The first kappa shape index (κ1) is 12.4. The molecule has 0 amide bonds. The van der Waals surface area contributed by atoms with E-state index in [0.717, 1.165) is 11.4 Å². The van der Waals surface area contributed by atoms with Gasteiger partial charge >= 0.3 is 5.97 Å². The summed E-state index contributed by atoms with van der Waals surface area (Å²) in [6, 6.07) is 0. The molecular formula is C10H10ClN5O2. The third-order valence-corrected chi connectivity index (χ3v) is 2.58. The van der Waals surface area contributed by atoms with E-state index >= 15 is 0 Å². The number of ether oxygens (including phenoxy) is 1. The maximum absolute atomic E-state index is 11.2. The second-order valence-corrected chi connectivity index (χ2v) is 3.87. The lowest BCUT2D eigenvalue weighted by Gasteiger charge is -2.05. The van der Waals surface area contributed by atoms with Gasteiger partial charge in [0, 0.05) is 0 Å². The van der Waals surface area contributed by atoms with Crippen LogP contribution in [0.3, 0.4) is 0 Å². The summed E-state index contributed by atoms with van der Waals surface area (Å²) in [7, 11) is 1.26. The summed E-state index contributed by atoms with van der Waals surface area (Å²) >= 11 is 5.98. The van der Waals surface area contributed by atoms with Gasteiger partial charge in [-0.2, -0.15) is 4.68 Å². The molecule has 0 atom stereocenters. The van der Waals surface area contributed by atoms with Gasteiger partial charge in [-0.25, -0.2) is 19.7 Å². The maximum Gasteiger partial charge on any atom is 0.377 e. The molecule has 0 unspecified atom stereocenters. The van der Waals surface area contributed by atoms with Crippen LogP contribution in [0.15, 0.2) is 6.33 Å². The molecule has 0 aliphatic rings. The number of nitrogens with zero attached hydrogens (tertiary/aromatic N) is 5. The predicted octanol–water partition coefficient (Wildman–Crippen LogP) is 1.11. The van der Waals surface area contributed by atoms with Gasteiger partial charge in [-0.15, -0.1) is 5.10 Å². The summed E-state index contributed by atoms with van der Waals surface area (Å²) in [5.74, 6) is -0.363. The molecule has 0 aromatic carbocycles. The Balaban J connectivity index is 2.46. The summed E-state index contributed by atoms with van der Waals surface area (Å²) in [5.41, 5.74) is 1.46. The molecule has 2 heterocycles. The average molecular weight is 268 g/mol. The van der Waals surface area contributed by atoms with Crippen molar-refractivity contribution in [2.45, 2.75) is 13.8 Å². The number of carbonyl (C=O) groups is 1. The number of hydrogen-bond acceptors (Lipinski definition) is 6. The Morgan fingerprint density at radius 1 is 1.33 bits per heavy atom. The van der Waals surface area contributed by atoms with E-state index in [4.69, 9.17) is 11.6 Å². The molecule has 0 saturated heterocycles. The molecule has 0 bridgehead atoms. The van der Waals surface area contributed by atoms with Gasteiger partial charge in [-0.3, -0.25) is 0 Å². The molecular weight excluding hydrogens is 258 g/mol. The Bertz CT molecular complexity index is 610. The van der Waals surface area contributed by atoms with E-state index in [1.165, 1.54) is 18.1 Å². The highest BCUT2D eigenvalue weighted by atomic mass is 35.5. The van der Waals surface area contributed by atoms with Crippen molar-refractivity contribution >= 4 is 17.6 Å². The minimum atomic E-state index is -0.623. The number of carbonyl (C=O) groups excluding carboxylic acids is 1. The molecule has 0 saturated carbocycles. The number of methoxy groups -OCH3 is 1. The largest absolute Gasteiger partial charge is 0.463 e. The van der Waals surface area contributed by atoms with Crippen molar-refractivity contribution in [2.24, 2.45) is 0 Å². The molecule has 7 nitrogen and oxygen atoms in total. The van der Waals surface area contributed by atoms with Gasteiger partial charge in [0.05, 0.1) is 18.5 Å². The van der Waals surface area contributed by atoms with Gasteiger partial charge in [0.25, 0.3) is 5.82 Å². The van der Waals surface area contributed by atoms with Crippen molar-refractivity contribution in [2.75, 3.05) is 7.11 Å². The highest BCUT2D eigenvalue weighted by molar-refractivity contribution is 6.30. The maximum atomic E-state index is 11.2. The second-order valence-electron chi connectivity index (χ2n) is 3.51. The quantitative estimate of drug-likeness (QED) is 0.758. The summed E-state index contributed by atoms with van der Waals surface area (Å²) in [5, 5.41) is 4.12. The van der Waals surface area contributed by atoms with Crippen LogP contribution in [-0.4, -0.2) is 37.8 Å². The molecule has 0 aliphatic carbocycles. The van der Waals surface area contributed by atoms with E-state index in [2.05, 4.69) is 24.8 Å². The summed E-state index contributed by atoms with van der Waals surface area (Å²) in [4.78, 5) is 23.4. The lowest BCUT2D eigenvalue weighted by atomic mass is 10.3. The molecule has 0 fully saturated rings. The fourth-order valence-corrected chi connectivity index (χ4v) is 1.52. The summed E-state index contributed by atoms with van der Waals surface area (Å²) < 4.78 is 5.80. The highest BCUT2D eigenvalue weighted by Gasteiger charge is 2.15. The molecule has 94 valence electrons. The third-order valence-electron chi connectivity index (χ3n) is 2.32. The average Bonchev–Trinajstić information content (AvgIpc) is 2.82. The lowest BCUT2D eigenvalue weighted by molar-refractivity contribution is 0.0587. The van der Waals surface area contributed by atoms with E-state index in [1.807, 2.05) is 0 Å². The molecule has 2 aromatic heterocycles. The van der Waals surface area contributed by atoms with Crippen LogP contribution < -0.4 is 0 Å². The Hall–Kier alpha value is -2.02. The lowest BCUT2D eigenvalue weighted by Crippen LogP contribution is -2.07. The van der Waals surface area contributed by atoms with E-state index in [0.29, 0.717) is 5.82 Å². The smallest absolute Gasteiger partial charge is 0.377 e. The van der Waals surface area contributed by atoms with Crippen molar-refractivity contribution in [1.82, 2.24) is 24.7 Å². The van der Waals surface area contributed by atoms with Crippen LogP contribution in [0.1, 0.15) is 22.0 Å². The predicted molar refractivity (Wildman–Crippen MR) is 62.8 cm³/mol. The Morgan fingerprint density at radius 2 is 2.00 bits per heavy atom. The van der Waals surface area contributed by atoms with Crippen LogP contribution in [0.25, 0.3) is 5.82 Å². The first-order valence-corrected chi connectivity index (χ1v) is 5.42. The number of aromatic nitrogens is 5. The monoisotopic (exact) mass is 267 g/mol. The minimum Gasteiger partial charge on any atom is -0.463 e. The zero-order chi connectivity index (χ0) is 13.3. The number of hydrogen-bond donors (Lipinski definition) is 0. The van der Waals surface area contributed by atoms with E-state index in [9.17, 15) is 4.79 Å². The summed E-state index contributed by atoms with van der Waals surface area (Å²) in [6.07, 6.45) is 1.33. The molecule has 8 heteroatoms. The second kappa shape index (κ2) is 4.69. The van der Waals surface area contributed by atoms with Crippen molar-refractivity contribution in [3.8, 4) is 5.82 Å². The molecule has 0 spiro atoms. The first-order chi connectivity index (χ1) is 8.52. The number of halogens is 1. The van der Waals surface area contributed by atoms with Gasteiger partial charge < -0.3 is 4.74 Å². The van der Waals surface area contributed by atoms with Crippen LogP contribution >= 0.6 is 11.6 Å². The minimum absolute atomic E-state index is 0.0615. The fraction of sp³-hybridized carbons (Fsp3) is 0.300. The Kier molecular flexibility index (Phi) is 3.24. The van der Waals surface area contributed by atoms with E-state index < -0.39 is 5.97 Å².